The van der Waals surface area contributed by atoms with Crippen molar-refractivity contribution in [1.29, 1.82) is 0 Å². The number of piperidine rings is 1. The lowest BCUT2D eigenvalue weighted by Crippen LogP contribution is -2.51. The second-order valence-electron chi connectivity index (χ2n) is 6.21. The molecule has 2 aliphatic rings. The lowest BCUT2D eigenvalue weighted by atomic mass is 9.92. The van der Waals surface area contributed by atoms with E-state index in [1.165, 1.54) is 11.4 Å². The molecule has 1 aromatic carbocycles. The van der Waals surface area contributed by atoms with Crippen LogP contribution in [-0.4, -0.2) is 34.2 Å². The third-order valence-electron chi connectivity index (χ3n) is 4.77. The molecule has 8 heteroatoms. The van der Waals surface area contributed by atoms with Crippen LogP contribution < -0.4 is 10.5 Å². The van der Waals surface area contributed by atoms with Crippen LogP contribution in [0.5, 0.6) is 0 Å². The number of H-pyrrole nitrogens is 1. The monoisotopic (exact) mass is 345 g/mol. The maximum atomic E-state index is 6.32. The Morgan fingerprint density at radius 2 is 2.00 bits per heavy atom. The zero-order chi connectivity index (χ0) is 16.5. The minimum Gasteiger partial charge on any atom is -0.348 e. The number of hydrogen-bond donors (Lipinski definition) is 2. The quantitative estimate of drug-likeness (QED) is 0.895. The van der Waals surface area contributed by atoms with Gasteiger partial charge in [0.15, 0.2) is 0 Å². The van der Waals surface area contributed by atoms with Crippen molar-refractivity contribution in [2.24, 2.45) is 10.3 Å². The number of aryl methyl sites for hydroxylation is 1. The maximum absolute atomic E-state index is 6.32. The number of hydrogen-bond acceptors (Lipinski definition) is 6. The molecule has 0 radical (unpaired) electrons. The molecule has 126 valence electrons. The highest BCUT2D eigenvalue weighted by Crippen LogP contribution is 2.33. The summed E-state index contributed by atoms with van der Waals surface area (Å²) in [6.07, 6.45) is 3.75. The van der Waals surface area contributed by atoms with E-state index in [1.54, 1.807) is 6.33 Å². The van der Waals surface area contributed by atoms with Gasteiger partial charge in [-0.05, 0) is 31.9 Å². The maximum Gasteiger partial charge on any atom is 0.219 e. The van der Waals surface area contributed by atoms with Crippen LogP contribution in [0.1, 0.15) is 30.1 Å². The fourth-order valence-corrected chi connectivity index (χ4v) is 3.70. The number of nitrogens with one attached hydrogen (secondary N) is 2. The van der Waals surface area contributed by atoms with Gasteiger partial charge in [-0.1, -0.05) is 29.0 Å². The minimum absolute atomic E-state index is 0.161. The van der Waals surface area contributed by atoms with E-state index in [9.17, 15) is 0 Å². The Balaban J connectivity index is 1.46. The van der Waals surface area contributed by atoms with Crippen molar-refractivity contribution >= 4 is 17.3 Å². The summed E-state index contributed by atoms with van der Waals surface area (Å²) in [7, 11) is 0. The van der Waals surface area contributed by atoms with E-state index in [-0.39, 0.29) is 6.29 Å². The van der Waals surface area contributed by atoms with Crippen molar-refractivity contribution in [3.8, 4) is 0 Å². The van der Waals surface area contributed by atoms with Crippen LogP contribution in [0.15, 0.2) is 40.9 Å². The second-order valence-corrected chi connectivity index (χ2v) is 6.61. The van der Waals surface area contributed by atoms with Crippen LogP contribution in [0.3, 0.4) is 0 Å². The number of aromatic amines is 1. The lowest BCUT2D eigenvalue weighted by Gasteiger charge is -2.37. The first kappa shape index (κ1) is 15.4. The summed E-state index contributed by atoms with van der Waals surface area (Å²) in [6, 6.07) is 7.73. The van der Waals surface area contributed by atoms with E-state index in [0.29, 0.717) is 10.9 Å². The van der Waals surface area contributed by atoms with Crippen molar-refractivity contribution in [2.45, 2.75) is 32.0 Å². The largest absolute Gasteiger partial charge is 0.348 e. The van der Waals surface area contributed by atoms with Crippen LogP contribution in [0, 0.1) is 6.92 Å². The number of nitrogens with zero attached hydrogens (tertiary/aromatic N) is 5. The predicted molar refractivity (Wildman–Crippen MR) is 92.6 cm³/mol. The summed E-state index contributed by atoms with van der Waals surface area (Å²) < 4.78 is 0. The number of para-hydroxylation sites is 1. The van der Waals surface area contributed by atoms with E-state index < -0.39 is 0 Å². The Hall–Kier alpha value is -2.12. The molecule has 1 unspecified atom stereocenters. The van der Waals surface area contributed by atoms with Gasteiger partial charge in [0, 0.05) is 24.7 Å². The Morgan fingerprint density at radius 3 is 2.71 bits per heavy atom. The fourth-order valence-electron chi connectivity index (χ4n) is 3.48. The molecule has 7 nitrogen and oxygen atoms in total. The van der Waals surface area contributed by atoms with E-state index in [2.05, 4.69) is 37.7 Å². The van der Waals surface area contributed by atoms with Gasteiger partial charge < -0.3 is 4.98 Å². The van der Waals surface area contributed by atoms with Crippen LogP contribution in [0.2, 0.25) is 5.02 Å². The van der Waals surface area contributed by atoms with E-state index >= 15 is 0 Å². The minimum atomic E-state index is -0.161. The molecule has 4 rings (SSSR count). The molecule has 2 aliphatic heterocycles. The van der Waals surface area contributed by atoms with Gasteiger partial charge in [-0.2, -0.15) is 5.53 Å². The molecule has 1 fully saturated rings. The molecule has 24 heavy (non-hydrogen) atoms. The number of likely N-dealkylation sites (tertiary alicyclic amines) is 1. The smallest absolute Gasteiger partial charge is 0.219 e. The van der Waals surface area contributed by atoms with Crippen LogP contribution in [0.4, 0.5) is 5.69 Å². The van der Waals surface area contributed by atoms with Gasteiger partial charge in [0.1, 0.15) is 0 Å². The molecule has 1 atom stereocenters. The highest BCUT2D eigenvalue weighted by Gasteiger charge is 2.34. The normalized spacial score (nSPS) is 22.1. The van der Waals surface area contributed by atoms with Crippen molar-refractivity contribution in [2.75, 3.05) is 18.1 Å². The van der Waals surface area contributed by atoms with Crippen molar-refractivity contribution in [1.82, 2.24) is 20.4 Å². The summed E-state index contributed by atoms with van der Waals surface area (Å²) in [6.45, 7) is 3.98. The van der Waals surface area contributed by atoms with E-state index in [0.717, 1.165) is 31.6 Å². The molecule has 0 spiro atoms. The first-order valence-corrected chi connectivity index (χ1v) is 8.55. The zero-order valence-electron chi connectivity index (χ0n) is 13.5. The molecule has 0 amide bonds. The first-order chi connectivity index (χ1) is 11.7. The number of imidazole rings is 1. The fraction of sp³-hybridized carbons (Fsp3) is 0.438. The number of halogens is 1. The van der Waals surface area contributed by atoms with E-state index in [1.807, 2.05) is 29.3 Å². The Kier molecular flexibility index (Phi) is 4.12. The number of rotatable bonds is 3. The topological polar surface area (TPSA) is 71.9 Å². The molecule has 2 N–H and O–H groups in total. The Labute approximate surface area is 145 Å². The third kappa shape index (κ3) is 2.74. The molecule has 3 heterocycles. The first-order valence-electron chi connectivity index (χ1n) is 8.17. The molecule has 1 saturated heterocycles. The summed E-state index contributed by atoms with van der Waals surface area (Å²) >= 11 is 6.32. The average molecular weight is 346 g/mol. The second kappa shape index (κ2) is 6.41. The summed E-state index contributed by atoms with van der Waals surface area (Å²) in [5.41, 5.74) is 6.22. The standard InChI is InChI=1S/C16H20ClN7/c1-11-15(19-10-18-11)12-6-8-23(9-7-12)16-20-21-22-24(16)14-5-3-2-4-13(14)17/h2-5,10,12,16H,6-9H2,1H3,(H,18,19)(H,20,22). The summed E-state index contributed by atoms with van der Waals surface area (Å²) in [5, 5.41) is 11.0. The van der Waals surface area contributed by atoms with Gasteiger partial charge in [-0.25, -0.2) is 9.99 Å². The van der Waals surface area contributed by atoms with Crippen LogP contribution in [0.25, 0.3) is 0 Å². The Morgan fingerprint density at radius 1 is 1.21 bits per heavy atom. The number of aromatic nitrogens is 2. The van der Waals surface area contributed by atoms with Gasteiger partial charge in [-0.15, -0.1) is 5.11 Å². The van der Waals surface area contributed by atoms with Gasteiger partial charge in [0.05, 0.1) is 22.7 Å². The predicted octanol–water partition coefficient (Wildman–Crippen LogP) is 3.23. The van der Waals surface area contributed by atoms with Crippen molar-refractivity contribution in [3.05, 3.63) is 47.0 Å². The molecular formula is C16H20ClN7. The van der Waals surface area contributed by atoms with Crippen molar-refractivity contribution < 1.29 is 0 Å². The summed E-state index contributed by atoms with van der Waals surface area (Å²) in [5.74, 6) is 0.507. The Bertz CT molecular complexity index is 736. The molecule has 0 bridgehead atoms. The third-order valence-corrected chi connectivity index (χ3v) is 5.09. The summed E-state index contributed by atoms with van der Waals surface area (Å²) in [4.78, 5) is 9.98. The highest BCUT2D eigenvalue weighted by atomic mass is 35.5. The van der Waals surface area contributed by atoms with Gasteiger partial charge in [-0.3, -0.25) is 4.90 Å². The van der Waals surface area contributed by atoms with Crippen LogP contribution >= 0.6 is 11.6 Å². The van der Waals surface area contributed by atoms with Gasteiger partial charge in [0.2, 0.25) is 6.29 Å². The van der Waals surface area contributed by atoms with E-state index in [4.69, 9.17) is 11.6 Å². The molecule has 1 aromatic heterocycles. The van der Waals surface area contributed by atoms with Crippen molar-refractivity contribution in [3.63, 3.8) is 0 Å². The zero-order valence-corrected chi connectivity index (χ0v) is 14.2. The molecule has 0 aliphatic carbocycles. The van der Waals surface area contributed by atoms with Gasteiger partial charge >= 0.3 is 0 Å². The van der Waals surface area contributed by atoms with Crippen LogP contribution in [-0.2, 0) is 0 Å². The average Bonchev–Trinajstić information content (AvgIpc) is 3.24. The molecule has 0 saturated carbocycles. The lowest BCUT2D eigenvalue weighted by molar-refractivity contribution is 0.153. The number of hydrazine groups is 1. The molecule has 2 aromatic rings. The van der Waals surface area contributed by atoms with Gasteiger partial charge in [0.25, 0.3) is 0 Å². The highest BCUT2D eigenvalue weighted by molar-refractivity contribution is 6.33. The number of benzene rings is 1. The number of anilines is 1. The molecular weight excluding hydrogens is 326 g/mol. The SMILES string of the molecule is Cc1[nH]cnc1C1CCN(C2N=NNN2c2ccccc2Cl)CC1.